The van der Waals surface area contributed by atoms with Gasteiger partial charge in [0, 0.05) is 6.08 Å². The lowest BCUT2D eigenvalue weighted by Gasteiger charge is -2.25. The molecule has 1 unspecified atom stereocenters. The smallest absolute Gasteiger partial charge is 0.255 e. The van der Waals surface area contributed by atoms with Crippen LogP contribution in [0.5, 0.6) is 5.75 Å². The number of carbonyl (C=O) groups is 2. The first-order chi connectivity index (χ1) is 12.6. The molecule has 1 aliphatic carbocycles. The number of ether oxygens (including phenoxy) is 1. The molecule has 3 N–H and O–H groups in total. The molecule has 2 amide bonds. The Labute approximate surface area is 152 Å². The first kappa shape index (κ1) is 17.7. The molecular weight excluding hydrogens is 328 g/mol. The normalized spacial score (nSPS) is 16.1. The van der Waals surface area contributed by atoms with Crippen LogP contribution in [0.15, 0.2) is 54.6 Å². The van der Waals surface area contributed by atoms with E-state index in [2.05, 4.69) is 17.4 Å². The highest BCUT2D eigenvalue weighted by molar-refractivity contribution is 5.92. The molecule has 0 fully saturated rings. The minimum Gasteiger partial charge on any atom is -0.484 e. The second-order valence-corrected chi connectivity index (χ2v) is 6.31. The third-order valence-electron chi connectivity index (χ3n) is 4.37. The van der Waals surface area contributed by atoms with E-state index in [4.69, 9.17) is 10.5 Å². The number of benzene rings is 2. The molecule has 1 atom stereocenters. The van der Waals surface area contributed by atoms with E-state index >= 15 is 0 Å². The molecule has 26 heavy (non-hydrogen) atoms. The zero-order chi connectivity index (χ0) is 18.4. The predicted molar refractivity (Wildman–Crippen MR) is 100 cm³/mol. The van der Waals surface area contributed by atoms with Gasteiger partial charge in [0.05, 0.1) is 6.04 Å². The van der Waals surface area contributed by atoms with E-state index in [9.17, 15) is 9.59 Å². The molecule has 0 bridgehead atoms. The van der Waals surface area contributed by atoms with Crippen LogP contribution in [0.25, 0.3) is 6.08 Å². The van der Waals surface area contributed by atoms with Crippen molar-refractivity contribution < 1.29 is 14.3 Å². The molecule has 1 aliphatic rings. The fraction of sp³-hybridized carbons (Fsp3) is 0.238. The van der Waals surface area contributed by atoms with Crippen LogP contribution in [0.4, 0.5) is 0 Å². The Morgan fingerprint density at radius 3 is 2.69 bits per heavy atom. The summed E-state index contributed by atoms with van der Waals surface area (Å²) in [5.74, 6) is -0.0695. The second kappa shape index (κ2) is 8.34. The maximum Gasteiger partial charge on any atom is 0.255 e. The minimum atomic E-state index is -0.519. The van der Waals surface area contributed by atoms with Crippen LogP contribution in [-0.2, 0) is 16.0 Å². The molecule has 0 spiro atoms. The number of fused-ring (bicyclic) bond motifs is 1. The number of nitrogens with one attached hydrogen (secondary N) is 1. The van der Waals surface area contributed by atoms with E-state index in [0.717, 1.165) is 24.8 Å². The van der Waals surface area contributed by atoms with Gasteiger partial charge in [-0.1, -0.05) is 36.4 Å². The maximum atomic E-state index is 12.3. The Hall–Kier alpha value is -3.08. The Morgan fingerprint density at radius 1 is 1.15 bits per heavy atom. The summed E-state index contributed by atoms with van der Waals surface area (Å²) in [6.07, 6.45) is 6.40. The number of amides is 2. The monoisotopic (exact) mass is 350 g/mol. The lowest BCUT2D eigenvalue weighted by molar-refractivity contribution is -0.120. The highest BCUT2D eigenvalue weighted by atomic mass is 16.5. The summed E-state index contributed by atoms with van der Waals surface area (Å²) in [6.45, 7) is -0.152. The highest BCUT2D eigenvalue weighted by Crippen LogP contribution is 2.29. The number of aryl methyl sites for hydroxylation is 1. The van der Waals surface area contributed by atoms with Gasteiger partial charge in [0.2, 0.25) is 5.91 Å². The molecule has 0 saturated heterocycles. The zero-order valence-electron chi connectivity index (χ0n) is 14.5. The van der Waals surface area contributed by atoms with Gasteiger partial charge < -0.3 is 15.8 Å². The van der Waals surface area contributed by atoms with Crippen LogP contribution in [0, 0.1) is 0 Å². The van der Waals surface area contributed by atoms with Gasteiger partial charge in [-0.3, -0.25) is 9.59 Å². The van der Waals surface area contributed by atoms with Gasteiger partial charge >= 0.3 is 0 Å². The first-order valence-corrected chi connectivity index (χ1v) is 8.69. The molecule has 5 heteroatoms. The molecule has 0 aromatic heterocycles. The molecule has 2 aromatic carbocycles. The van der Waals surface area contributed by atoms with Crippen molar-refractivity contribution in [2.75, 3.05) is 6.61 Å². The number of hydrogen-bond acceptors (Lipinski definition) is 3. The van der Waals surface area contributed by atoms with E-state index in [0.29, 0.717) is 5.75 Å². The molecule has 0 heterocycles. The average molecular weight is 350 g/mol. The van der Waals surface area contributed by atoms with Crippen LogP contribution in [0.2, 0.25) is 0 Å². The van der Waals surface area contributed by atoms with Crippen LogP contribution in [0.3, 0.4) is 0 Å². The third kappa shape index (κ3) is 4.72. The summed E-state index contributed by atoms with van der Waals surface area (Å²) in [5.41, 5.74) is 8.45. The summed E-state index contributed by atoms with van der Waals surface area (Å²) < 4.78 is 5.20. The lowest BCUT2D eigenvalue weighted by Crippen LogP contribution is -2.29. The predicted octanol–water partition coefficient (Wildman–Crippen LogP) is 2.76. The summed E-state index contributed by atoms with van der Waals surface area (Å²) in [5, 5.41) is 3.09. The Kier molecular flexibility index (Phi) is 5.69. The minimum absolute atomic E-state index is 0.0710. The van der Waals surface area contributed by atoms with Crippen molar-refractivity contribution in [1.82, 2.24) is 5.32 Å². The van der Waals surface area contributed by atoms with Crippen LogP contribution in [-0.4, -0.2) is 18.4 Å². The van der Waals surface area contributed by atoms with E-state index in [1.807, 2.05) is 24.3 Å². The van der Waals surface area contributed by atoms with Gasteiger partial charge in [-0.2, -0.15) is 0 Å². The van der Waals surface area contributed by atoms with Crippen molar-refractivity contribution in [3.05, 3.63) is 71.3 Å². The molecule has 2 aromatic rings. The summed E-state index contributed by atoms with van der Waals surface area (Å²) >= 11 is 0. The summed E-state index contributed by atoms with van der Waals surface area (Å²) in [6, 6.07) is 15.4. The van der Waals surface area contributed by atoms with Crippen molar-refractivity contribution in [2.24, 2.45) is 5.73 Å². The van der Waals surface area contributed by atoms with Gasteiger partial charge in [-0.15, -0.1) is 0 Å². The average Bonchev–Trinajstić information content (AvgIpc) is 2.66. The van der Waals surface area contributed by atoms with E-state index < -0.39 is 5.91 Å². The summed E-state index contributed by atoms with van der Waals surface area (Å²) in [4.78, 5) is 23.0. The van der Waals surface area contributed by atoms with Crippen molar-refractivity contribution in [1.29, 1.82) is 0 Å². The Bertz CT molecular complexity index is 812. The highest BCUT2D eigenvalue weighted by Gasteiger charge is 2.20. The van der Waals surface area contributed by atoms with Gasteiger partial charge in [0.25, 0.3) is 5.91 Å². The number of rotatable bonds is 6. The quantitative estimate of drug-likeness (QED) is 0.786. The maximum absolute atomic E-state index is 12.3. The molecule has 3 rings (SSSR count). The van der Waals surface area contributed by atoms with E-state index in [-0.39, 0.29) is 18.6 Å². The standard InChI is InChI=1S/C21H22N2O3/c22-20(24)14-26-17-11-8-15(9-12-17)10-13-21(25)23-19-7-3-5-16-4-1-2-6-18(16)19/h1-2,4,6,8-13,19H,3,5,7,14H2,(H2,22,24)(H,23,25)/b13-10+. The molecular formula is C21H22N2O3. The molecule has 134 valence electrons. The van der Waals surface area contributed by atoms with Crippen molar-refractivity contribution in [2.45, 2.75) is 25.3 Å². The number of hydrogen-bond donors (Lipinski definition) is 2. The fourth-order valence-electron chi connectivity index (χ4n) is 3.13. The van der Waals surface area contributed by atoms with Gasteiger partial charge in [0.15, 0.2) is 6.61 Å². The molecule has 0 aliphatic heterocycles. The van der Waals surface area contributed by atoms with Gasteiger partial charge in [-0.25, -0.2) is 0 Å². The fourth-order valence-corrected chi connectivity index (χ4v) is 3.13. The number of primary amides is 1. The van der Waals surface area contributed by atoms with Crippen molar-refractivity contribution in [3.8, 4) is 5.75 Å². The Balaban J connectivity index is 1.57. The van der Waals surface area contributed by atoms with Gasteiger partial charge in [-0.05, 0) is 54.2 Å². The molecule has 0 radical (unpaired) electrons. The van der Waals surface area contributed by atoms with Crippen molar-refractivity contribution in [3.63, 3.8) is 0 Å². The Morgan fingerprint density at radius 2 is 1.92 bits per heavy atom. The SMILES string of the molecule is NC(=O)COc1ccc(/C=C/C(=O)NC2CCCc3ccccc32)cc1. The topological polar surface area (TPSA) is 81.4 Å². The van der Waals surface area contributed by atoms with Crippen LogP contribution < -0.4 is 15.8 Å². The van der Waals surface area contributed by atoms with Crippen LogP contribution in [0.1, 0.15) is 35.6 Å². The number of carbonyl (C=O) groups excluding carboxylic acids is 2. The first-order valence-electron chi connectivity index (χ1n) is 8.69. The van der Waals surface area contributed by atoms with Gasteiger partial charge in [0.1, 0.15) is 5.75 Å². The van der Waals surface area contributed by atoms with Crippen molar-refractivity contribution >= 4 is 17.9 Å². The lowest BCUT2D eigenvalue weighted by atomic mass is 9.88. The largest absolute Gasteiger partial charge is 0.484 e. The van der Waals surface area contributed by atoms with Crippen LogP contribution >= 0.6 is 0 Å². The molecule has 5 nitrogen and oxygen atoms in total. The molecule has 0 saturated carbocycles. The summed E-state index contributed by atoms with van der Waals surface area (Å²) in [7, 11) is 0. The number of nitrogens with two attached hydrogens (primary N) is 1. The second-order valence-electron chi connectivity index (χ2n) is 6.31. The third-order valence-corrected chi connectivity index (χ3v) is 4.37. The van der Waals surface area contributed by atoms with E-state index in [1.54, 1.807) is 18.2 Å². The van der Waals surface area contributed by atoms with E-state index in [1.165, 1.54) is 17.2 Å². The zero-order valence-corrected chi connectivity index (χ0v) is 14.5.